The van der Waals surface area contributed by atoms with Gasteiger partial charge in [-0.15, -0.1) is 0 Å². The van der Waals surface area contributed by atoms with Gasteiger partial charge in [-0.25, -0.2) is 14.8 Å². The molecule has 4 heterocycles. The second-order valence-corrected chi connectivity index (χ2v) is 13.1. The Bertz CT molecular complexity index is 1590. The Hall–Kier alpha value is -4.46. The Balaban J connectivity index is 1.31. The maximum absolute atomic E-state index is 13.7. The fourth-order valence-corrected chi connectivity index (χ4v) is 6.53. The maximum Gasteiger partial charge on any atom is 0.410 e. The molecule has 1 saturated heterocycles. The highest BCUT2D eigenvalue weighted by Gasteiger charge is 2.31. The van der Waals surface area contributed by atoms with Gasteiger partial charge in [0.25, 0.3) is 5.91 Å². The van der Waals surface area contributed by atoms with E-state index in [0.717, 1.165) is 74.5 Å². The molecule has 2 unspecified atom stereocenters. The molecule has 254 valence electrons. The Labute approximate surface area is 286 Å². The van der Waals surface area contributed by atoms with E-state index in [1.54, 1.807) is 4.90 Å². The van der Waals surface area contributed by atoms with Crippen molar-refractivity contribution in [2.45, 2.75) is 79.2 Å². The first-order valence-electron chi connectivity index (χ1n) is 17.7. The molecule has 0 radical (unpaired) electrons. The first-order chi connectivity index (χ1) is 23.3. The summed E-state index contributed by atoms with van der Waals surface area (Å²) >= 11 is 0. The van der Waals surface area contributed by atoms with Crippen molar-refractivity contribution in [3.63, 3.8) is 0 Å². The van der Waals surface area contributed by atoms with Gasteiger partial charge >= 0.3 is 6.09 Å². The van der Waals surface area contributed by atoms with Gasteiger partial charge in [0.2, 0.25) is 0 Å². The van der Waals surface area contributed by atoms with Gasteiger partial charge in [-0.2, -0.15) is 0 Å². The molecule has 0 bridgehead atoms. The lowest BCUT2D eigenvalue weighted by molar-refractivity contribution is 0.0755. The van der Waals surface area contributed by atoms with E-state index in [9.17, 15) is 9.59 Å². The van der Waals surface area contributed by atoms with Crippen LogP contribution in [0.25, 0.3) is 0 Å². The van der Waals surface area contributed by atoms with Crippen molar-refractivity contribution in [2.24, 2.45) is 15.9 Å². The molecule has 0 saturated carbocycles. The molecule has 4 aliphatic rings. The average molecular weight is 650 g/mol. The number of benzene rings is 1. The molecule has 5 rings (SSSR count). The Morgan fingerprint density at radius 3 is 2.60 bits per heavy atom. The number of hydrogen-bond acceptors (Lipinski definition) is 5. The number of rotatable bonds is 9. The molecule has 8 heteroatoms. The summed E-state index contributed by atoms with van der Waals surface area (Å²) in [5.74, 6) is 1.91. The number of ether oxygens (including phenoxy) is 1. The summed E-state index contributed by atoms with van der Waals surface area (Å²) in [6.45, 7) is 13.6. The summed E-state index contributed by atoms with van der Waals surface area (Å²) in [4.78, 5) is 42.0. The third kappa shape index (κ3) is 8.52. The Morgan fingerprint density at radius 1 is 1.06 bits per heavy atom. The first kappa shape index (κ1) is 34.9. The van der Waals surface area contributed by atoms with Gasteiger partial charge in [0, 0.05) is 49.4 Å². The molecular weight excluding hydrogens is 598 g/mol. The van der Waals surface area contributed by atoms with E-state index in [1.165, 1.54) is 16.7 Å². The first-order valence-corrected chi connectivity index (χ1v) is 17.7. The monoisotopic (exact) mass is 649 g/mol. The van der Waals surface area contributed by atoms with Crippen LogP contribution in [0.1, 0.15) is 83.5 Å². The zero-order chi connectivity index (χ0) is 34.0. The fourth-order valence-electron chi connectivity index (χ4n) is 6.53. The molecule has 0 aliphatic carbocycles. The molecule has 1 fully saturated rings. The lowest BCUT2D eigenvalue weighted by atomic mass is 9.96. The van der Waals surface area contributed by atoms with Gasteiger partial charge in [0.05, 0.1) is 18.3 Å². The molecule has 4 aliphatic heterocycles. The third-order valence-corrected chi connectivity index (χ3v) is 9.43. The van der Waals surface area contributed by atoms with Crippen molar-refractivity contribution >= 4 is 29.4 Å². The van der Waals surface area contributed by atoms with Crippen LogP contribution in [-0.2, 0) is 4.74 Å². The SMILES string of the molecule is CCCC=CC(C)=CC=C(C)C1CCCN1C(=O)c1ccc(N=C2N=C3C(C4=CCN(C(=O)OCC)CC4)=CC=CN3CCC2C)cc1. The summed E-state index contributed by atoms with van der Waals surface area (Å²) < 4.78 is 5.19. The highest BCUT2D eigenvalue weighted by atomic mass is 16.6. The van der Waals surface area contributed by atoms with Crippen molar-refractivity contribution in [2.75, 3.05) is 32.8 Å². The standard InChI is InChI=1S/C40H51N5O3/c1-6-8-9-12-29(3)15-16-30(4)36-14-11-25-45(36)39(46)33-17-19-34(20-18-33)41-37-31(5)21-26-43-24-10-13-35(38(43)42-37)32-22-27-44(28-23-32)40(47)48-7-2/h9-10,12-13,15-20,22,24,31,36H,6-8,11,14,21,23,25-28H2,1-5H3. The topological polar surface area (TPSA) is 77.8 Å². The second-order valence-electron chi connectivity index (χ2n) is 13.1. The highest BCUT2D eigenvalue weighted by molar-refractivity contribution is 6.11. The lowest BCUT2D eigenvalue weighted by Gasteiger charge is -2.30. The summed E-state index contributed by atoms with van der Waals surface area (Å²) in [7, 11) is 0. The number of amides is 2. The van der Waals surface area contributed by atoms with Crippen LogP contribution in [0.4, 0.5) is 10.5 Å². The molecule has 1 aromatic rings. The van der Waals surface area contributed by atoms with Gasteiger partial charge in [-0.05, 0) is 94.9 Å². The van der Waals surface area contributed by atoms with Crippen LogP contribution in [0.2, 0.25) is 0 Å². The maximum atomic E-state index is 13.7. The van der Waals surface area contributed by atoms with E-state index in [4.69, 9.17) is 14.7 Å². The number of fused-ring (bicyclic) bond motifs is 1. The van der Waals surface area contributed by atoms with E-state index in [-0.39, 0.29) is 24.0 Å². The van der Waals surface area contributed by atoms with Gasteiger partial charge in [0.1, 0.15) is 11.7 Å². The summed E-state index contributed by atoms with van der Waals surface area (Å²) in [5, 5.41) is 0. The van der Waals surface area contributed by atoms with Crippen molar-refractivity contribution in [3.8, 4) is 0 Å². The van der Waals surface area contributed by atoms with Crippen LogP contribution in [0.3, 0.4) is 0 Å². The Morgan fingerprint density at radius 2 is 1.88 bits per heavy atom. The van der Waals surface area contributed by atoms with Crippen molar-refractivity contribution in [3.05, 3.63) is 101 Å². The lowest BCUT2D eigenvalue weighted by Crippen LogP contribution is -2.37. The molecule has 2 amide bonds. The molecule has 8 nitrogen and oxygen atoms in total. The summed E-state index contributed by atoms with van der Waals surface area (Å²) in [6, 6.07) is 7.78. The third-order valence-electron chi connectivity index (χ3n) is 9.43. The number of nitrogens with zero attached hydrogens (tertiary/aromatic N) is 5. The number of amidine groups is 2. The number of hydrogen-bond donors (Lipinski definition) is 0. The Kier molecular flexibility index (Phi) is 12.0. The quantitative estimate of drug-likeness (QED) is 0.251. The van der Waals surface area contributed by atoms with Crippen LogP contribution in [0, 0.1) is 5.92 Å². The number of carbonyl (C=O) groups is 2. The number of likely N-dealkylation sites (tertiary alicyclic amines) is 1. The van der Waals surface area contributed by atoms with Gasteiger partial charge in [0.15, 0.2) is 0 Å². The molecule has 0 aromatic heterocycles. The van der Waals surface area contributed by atoms with Crippen LogP contribution in [0.15, 0.2) is 105 Å². The largest absolute Gasteiger partial charge is 0.450 e. The van der Waals surface area contributed by atoms with Crippen LogP contribution in [-0.4, -0.2) is 77.2 Å². The van der Waals surface area contributed by atoms with E-state index in [0.29, 0.717) is 25.3 Å². The predicted octanol–water partition coefficient (Wildman–Crippen LogP) is 8.55. The van der Waals surface area contributed by atoms with Crippen molar-refractivity contribution in [1.82, 2.24) is 14.7 Å². The average Bonchev–Trinajstić information content (AvgIpc) is 3.54. The smallest absolute Gasteiger partial charge is 0.410 e. The fraction of sp³-hybridized carbons (Fsp3) is 0.450. The molecule has 48 heavy (non-hydrogen) atoms. The minimum Gasteiger partial charge on any atom is -0.450 e. The van der Waals surface area contributed by atoms with Gasteiger partial charge < -0.3 is 19.4 Å². The normalized spacial score (nSPS) is 22.8. The van der Waals surface area contributed by atoms with Crippen LogP contribution >= 0.6 is 0 Å². The highest BCUT2D eigenvalue weighted by Crippen LogP contribution is 2.30. The van der Waals surface area contributed by atoms with E-state index in [1.807, 2.05) is 36.1 Å². The predicted molar refractivity (Wildman–Crippen MR) is 196 cm³/mol. The van der Waals surface area contributed by atoms with Gasteiger partial charge in [-0.1, -0.05) is 61.8 Å². The van der Waals surface area contributed by atoms with Crippen molar-refractivity contribution in [1.29, 1.82) is 0 Å². The molecule has 0 N–H and O–H groups in total. The van der Waals surface area contributed by atoms with E-state index >= 15 is 0 Å². The molecule has 0 spiro atoms. The minimum atomic E-state index is -0.268. The van der Waals surface area contributed by atoms with Crippen LogP contribution in [0.5, 0.6) is 0 Å². The summed E-state index contributed by atoms with van der Waals surface area (Å²) in [6.07, 6.45) is 22.7. The second kappa shape index (κ2) is 16.6. The molecular formula is C40H51N5O3. The number of unbranched alkanes of at least 4 members (excludes halogenated alkanes) is 1. The summed E-state index contributed by atoms with van der Waals surface area (Å²) in [5.41, 5.74) is 6.16. The minimum absolute atomic E-state index is 0.0674. The van der Waals surface area contributed by atoms with Crippen molar-refractivity contribution < 1.29 is 14.3 Å². The number of carbonyl (C=O) groups excluding carboxylic acids is 2. The van der Waals surface area contributed by atoms with E-state index in [2.05, 4.69) is 81.3 Å². The number of allylic oxidation sites excluding steroid dienone is 7. The molecule has 2 atom stereocenters. The van der Waals surface area contributed by atoms with E-state index < -0.39 is 0 Å². The molecule has 1 aromatic carbocycles. The zero-order valence-electron chi connectivity index (χ0n) is 29.3. The van der Waals surface area contributed by atoms with Crippen LogP contribution < -0.4 is 0 Å². The zero-order valence-corrected chi connectivity index (χ0v) is 29.3. The van der Waals surface area contributed by atoms with Gasteiger partial charge in [-0.3, -0.25) is 4.79 Å². The number of aliphatic imine (C=N–C) groups is 2.